The lowest BCUT2D eigenvalue weighted by Gasteiger charge is -2.17. The Kier molecular flexibility index (Phi) is 3.37. The van der Waals surface area contributed by atoms with Crippen LogP contribution in [0.2, 0.25) is 0 Å². The molecule has 0 aromatic carbocycles. The van der Waals surface area contributed by atoms with E-state index < -0.39 is 0 Å². The van der Waals surface area contributed by atoms with E-state index >= 15 is 0 Å². The number of hydrogen-bond donors (Lipinski definition) is 1. The summed E-state index contributed by atoms with van der Waals surface area (Å²) in [7, 11) is 0. The zero-order valence-electron chi connectivity index (χ0n) is 8.56. The number of carbonyl (C=O) groups excluding carboxylic acids is 1. The molecule has 1 aromatic rings. The molecule has 0 aliphatic heterocycles. The maximum Gasteiger partial charge on any atom is 0.287 e. The van der Waals surface area contributed by atoms with Gasteiger partial charge in [0, 0.05) is 6.54 Å². The minimum absolute atomic E-state index is 0.0828. The van der Waals surface area contributed by atoms with Crippen LogP contribution in [0.1, 0.15) is 31.3 Å². The summed E-state index contributed by atoms with van der Waals surface area (Å²) in [6.45, 7) is 6.81. The summed E-state index contributed by atoms with van der Waals surface area (Å²) in [6, 6.07) is 3.34. The molecule has 0 radical (unpaired) electrons. The van der Waals surface area contributed by atoms with E-state index in [1.54, 1.807) is 12.1 Å². The molecule has 0 unspecified atom stereocenters. The SMILES string of the molecule is CC(C)(C)CNC(=O)c1ccc(Br)o1. The molecule has 0 saturated carbocycles. The topological polar surface area (TPSA) is 42.2 Å². The van der Waals surface area contributed by atoms with Crippen LogP contribution in [-0.2, 0) is 0 Å². The van der Waals surface area contributed by atoms with Gasteiger partial charge in [-0.25, -0.2) is 0 Å². The van der Waals surface area contributed by atoms with Gasteiger partial charge in [0.1, 0.15) is 0 Å². The lowest BCUT2D eigenvalue weighted by Crippen LogP contribution is -2.31. The number of halogens is 1. The van der Waals surface area contributed by atoms with Crippen molar-refractivity contribution >= 4 is 21.8 Å². The number of carbonyl (C=O) groups is 1. The zero-order chi connectivity index (χ0) is 10.8. The van der Waals surface area contributed by atoms with E-state index in [1.165, 1.54) is 0 Å². The predicted octanol–water partition coefficient (Wildman–Crippen LogP) is 2.82. The van der Waals surface area contributed by atoms with Crippen LogP contribution in [0.15, 0.2) is 21.2 Å². The molecule has 14 heavy (non-hydrogen) atoms. The first-order valence-corrected chi connectivity index (χ1v) is 5.21. The van der Waals surface area contributed by atoms with Crippen LogP contribution < -0.4 is 5.32 Å². The average molecular weight is 260 g/mol. The highest BCUT2D eigenvalue weighted by Crippen LogP contribution is 2.15. The molecule has 1 heterocycles. The minimum Gasteiger partial charge on any atom is -0.444 e. The van der Waals surface area contributed by atoms with Crippen LogP contribution >= 0.6 is 15.9 Å². The molecule has 0 saturated heterocycles. The lowest BCUT2D eigenvalue weighted by atomic mass is 9.97. The van der Waals surface area contributed by atoms with E-state index in [1.807, 2.05) is 0 Å². The Hall–Kier alpha value is -0.770. The third-order valence-corrected chi connectivity index (χ3v) is 2.00. The lowest BCUT2D eigenvalue weighted by molar-refractivity contribution is 0.0910. The second-order valence-corrected chi connectivity index (χ2v) is 5.13. The smallest absolute Gasteiger partial charge is 0.287 e. The van der Waals surface area contributed by atoms with Gasteiger partial charge in [0.05, 0.1) is 0 Å². The normalized spacial score (nSPS) is 11.4. The molecule has 0 aliphatic carbocycles. The molecular formula is C10H14BrNO2. The fourth-order valence-corrected chi connectivity index (χ4v) is 1.18. The summed E-state index contributed by atoms with van der Waals surface area (Å²) in [5, 5.41) is 2.80. The average Bonchev–Trinajstić information content (AvgIpc) is 2.46. The van der Waals surface area contributed by atoms with Crippen LogP contribution in [0.25, 0.3) is 0 Å². The van der Waals surface area contributed by atoms with Crippen molar-refractivity contribution in [1.29, 1.82) is 0 Å². The summed E-state index contributed by atoms with van der Waals surface area (Å²) < 4.78 is 5.68. The van der Waals surface area contributed by atoms with Gasteiger partial charge in [0.15, 0.2) is 10.4 Å². The van der Waals surface area contributed by atoms with Crippen LogP contribution in [0.4, 0.5) is 0 Å². The van der Waals surface area contributed by atoms with Crippen molar-refractivity contribution in [2.75, 3.05) is 6.54 Å². The van der Waals surface area contributed by atoms with E-state index in [0.29, 0.717) is 17.0 Å². The number of hydrogen-bond acceptors (Lipinski definition) is 2. The second kappa shape index (κ2) is 4.17. The first-order valence-electron chi connectivity index (χ1n) is 4.42. The Bertz CT molecular complexity index is 325. The predicted molar refractivity (Wildman–Crippen MR) is 58.2 cm³/mol. The Morgan fingerprint density at radius 2 is 2.14 bits per heavy atom. The maximum absolute atomic E-state index is 11.5. The molecule has 4 heteroatoms. The van der Waals surface area contributed by atoms with Crippen molar-refractivity contribution in [2.24, 2.45) is 5.41 Å². The number of amides is 1. The molecule has 0 fully saturated rings. The van der Waals surface area contributed by atoms with E-state index in [9.17, 15) is 4.79 Å². The van der Waals surface area contributed by atoms with Gasteiger partial charge in [0.25, 0.3) is 5.91 Å². The van der Waals surface area contributed by atoms with Crippen LogP contribution in [0, 0.1) is 5.41 Å². The molecule has 1 N–H and O–H groups in total. The Balaban J connectivity index is 2.52. The summed E-state index contributed by atoms with van der Waals surface area (Å²) in [5.74, 6) is 0.159. The molecule has 0 aliphatic rings. The first kappa shape index (κ1) is 11.3. The van der Waals surface area contributed by atoms with E-state index in [2.05, 4.69) is 42.0 Å². The standard InChI is InChI=1S/C10H14BrNO2/c1-10(2,3)6-12-9(13)7-4-5-8(11)14-7/h4-5H,6H2,1-3H3,(H,12,13). The van der Waals surface area contributed by atoms with Crippen molar-refractivity contribution in [3.05, 3.63) is 22.6 Å². The highest BCUT2D eigenvalue weighted by atomic mass is 79.9. The molecule has 3 nitrogen and oxygen atoms in total. The molecule has 1 amide bonds. The highest BCUT2D eigenvalue weighted by molar-refractivity contribution is 9.10. The van der Waals surface area contributed by atoms with Crippen molar-refractivity contribution in [2.45, 2.75) is 20.8 Å². The number of rotatable bonds is 2. The minimum atomic E-state index is -0.175. The summed E-state index contributed by atoms with van der Waals surface area (Å²) in [5.41, 5.74) is 0.0828. The van der Waals surface area contributed by atoms with Crippen molar-refractivity contribution in [3.63, 3.8) is 0 Å². The monoisotopic (exact) mass is 259 g/mol. The largest absolute Gasteiger partial charge is 0.444 e. The van der Waals surface area contributed by atoms with Crippen LogP contribution in [-0.4, -0.2) is 12.5 Å². The molecular weight excluding hydrogens is 246 g/mol. The van der Waals surface area contributed by atoms with Gasteiger partial charge in [-0.1, -0.05) is 20.8 Å². The molecule has 0 bridgehead atoms. The Labute approximate surface area is 92.0 Å². The summed E-state index contributed by atoms with van der Waals surface area (Å²) >= 11 is 3.14. The van der Waals surface area contributed by atoms with Gasteiger partial charge >= 0.3 is 0 Å². The first-order chi connectivity index (χ1) is 6.38. The molecule has 1 aromatic heterocycles. The van der Waals surface area contributed by atoms with Crippen LogP contribution in [0.5, 0.6) is 0 Å². The van der Waals surface area contributed by atoms with Gasteiger partial charge in [-0.05, 0) is 33.5 Å². The fourth-order valence-electron chi connectivity index (χ4n) is 0.869. The summed E-state index contributed by atoms with van der Waals surface area (Å²) in [6.07, 6.45) is 0. The van der Waals surface area contributed by atoms with Crippen molar-refractivity contribution in [3.8, 4) is 0 Å². The van der Waals surface area contributed by atoms with Crippen molar-refractivity contribution < 1.29 is 9.21 Å². The van der Waals surface area contributed by atoms with Gasteiger partial charge in [0.2, 0.25) is 0 Å². The fraction of sp³-hybridized carbons (Fsp3) is 0.500. The number of nitrogens with one attached hydrogen (secondary N) is 1. The number of furan rings is 1. The summed E-state index contributed by atoms with van der Waals surface area (Å²) in [4.78, 5) is 11.5. The van der Waals surface area contributed by atoms with Crippen molar-refractivity contribution in [1.82, 2.24) is 5.32 Å². The van der Waals surface area contributed by atoms with Gasteiger partial charge in [-0.2, -0.15) is 0 Å². The second-order valence-electron chi connectivity index (χ2n) is 4.35. The maximum atomic E-state index is 11.5. The van der Waals surface area contributed by atoms with E-state index in [0.717, 1.165) is 0 Å². The van der Waals surface area contributed by atoms with Gasteiger partial charge < -0.3 is 9.73 Å². The third kappa shape index (κ3) is 3.54. The molecule has 1 rings (SSSR count). The highest BCUT2D eigenvalue weighted by Gasteiger charge is 2.14. The zero-order valence-corrected chi connectivity index (χ0v) is 10.1. The molecule has 78 valence electrons. The van der Waals surface area contributed by atoms with E-state index in [-0.39, 0.29) is 11.3 Å². The molecule has 0 spiro atoms. The molecule has 0 atom stereocenters. The quantitative estimate of drug-likeness (QED) is 0.888. The van der Waals surface area contributed by atoms with Crippen LogP contribution in [0.3, 0.4) is 0 Å². The van der Waals surface area contributed by atoms with Gasteiger partial charge in [-0.3, -0.25) is 4.79 Å². The van der Waals surface area contributed by atoms with E-state index in [4.69, 9.17) is 4.42 Å². The van der Waals surface area contributed by atoms with Gasteiger partial charge in [-0.15, -0.1) is 0 Å². The Morgan fingerprint density at radius 3 is 2.57 bits per heavy atom. The Morgan fingerprint density at radius 1 is 1.50 bits per heavy atom. The third-order valence-electron chi connectivity index (χ3n) is 1.58.